The highest BCUT2D eigenvalue weighted by Crippen LogP contribution is 2.28. The molecule has 0 N–H and O–H groups in total. The Morgan fingerprint density at radius 3 is 2.27 bits per heavy atom. The second-order valence-electron chi connectivity index (χ2n) is 2.75. The summed E-state index contributed by atoms with van der Waals surface area (Å²) >= 11 is 1.69. The molecule has 0 rings (SSSR count). The maximum atomic E-state index is 4.00. The van der Waals surface area contributed by atoms with Crippen molar-refractivity contribution in [2.75, 3.05) is 0 Å². The first-order valence-electron chi connectivity index (χ1n) is 5.55. The van der Waals surface area contributed by atoms with Gasteiger partial charge in [-0.25, -0.2) is 0 Å². The van der Waals surface area contributed by atoms with Gasteiger partial charge < -0.3 is 0 Å². The molecule has 0 unspecified atom stereocenters. The van der Waals surface area contributed by atoms with Crippen molar-refractivity contribution in [3.05, 3.63) is 47.8 Å². The maximum absolute atomic E-state index is 4.00. The normalized spacial score (nSPS) is 9.93. The molecule has 0 atom stereocenters. The molecule has 0 fully saturated rings. The summed E-state index contributed by atoms with van der Waals surface area (Å²) in [7, 11) is 0. The molecule has 1 heteroatoms. The lowest BCUT2D eigenvalue weighted by atomic mass is 10.2. The highest BCUT2D eigenvalue weighted by Gasteiger charge is 1.96. The minimum Gasteiger partial charge on any atom is -0.0990 e. The molecule has 0 aromatic rings. The lowest BCUT2D eigenvalue weighted by Crippen LogP contribution is -1.77. The molecule has 0 radical (unpaired) electrons. The van der Waals surface area contributed by atoms with Crippen LogP contribution in [-0.4, -0.2) is 0 Å². The molecule has 0 aromatic carbocycles. The molecule has 0 heterocycles. The summed E-state index contributed by atoms with van der Waals surface area (Å²) in [6, 6.07) is 0. The molecule has 0 nitrogen and oxygen atoms in total. The van der Waals surface area contributed by atoms with Gasteiger partial charge in [0, 0.05) is 4.91 Å². The monoisotopic (exact) mass is 224 g/mol. The Morgan fingerprint density at radius 1 is 1.27 bits per heavy atom. The SMILES string of the molecule is C=C/C=C(\C=C)SC(=C)CCCC.CC. The Bertz CT molecular complexity index is 211. The van der Waals surface area contributed by atoms with Gasteiger partial charge in [0.15, 0.2) is 0 Å². The average molecular weight is 224 g/mol. The predicted molar refractivity (Wildman–Crippen MR) is 76.1 cm³/mol. The van der Waals surface area contributed by atoms with Crippen molar-refractivity contribution in [1.82, 2.24) is 0 Å². The first-order chi connectivity index (χ1) is 7.24. The van der Waals surface area contributed by atoms with Crippen LogP contribution in [0.15, 0.2) is 47.8 Å². The summed E-state index contributed by atoms with van der Waals surface area (Å²) in [5.74, 6) is 0. The fourth-order valence-corrected chi connectivity index (χ4v) is 1.68. The number of unbranched alkanes of at least 4 members (excludes halogenated alkanes) is 1. The van der Waals surface area contributed by atoms with Gasteiger partial charge in [-0.1, -0.05) is 70.8 Å². The van der Waals surface area contributed by atoms with E-state index in [0.29, 0.717) is 0 Å². The summed E-state index contributed by atoms with van der Waals surface area (Å²) in [5, 5.41) is 0. The predicted octanol–water partition coefficient (Wildman–Crippen LogP) is 5.71. The quantitative estimate of drug-likeness (QED) is 0.499. The maximum Gasteiger partial charge on any atom is 0.0112 e. The lowest BCUT2D eigenvalue weighted by Gasteiger charge is -2.03. The van der Waals surface area contributed by atoms with E-state index < -0.39 is 0 Å². The molecule has 0 saturated heterocycles. The minimum absolute atomic E-state index is 1.09. The molecule has 0 aliphatic carbocycles. The van der Waals surface area contributed by atoms with Crippen LogP contribution in [-0.2, 0) is 0 Å². The van der Waals surface area contributed by atoms with Crippen molar-refractivity contribution in [2.45, 2.75) is 40.0 Å². The second kappa shape index (κ2) is 13.3. The third-order valence-corrected chi connectivity index (χ3v) is 2.59. The number of allylic oxidation sites excluding steroid dienone is 4. The molecule has 0 amide bonds. The van der Waals surface area contributed by atoms with Crippen molar-refractivity contribution < 1.29 is 0 Å². The molecule has 0 bridgehead atoms. The second-order valence-corrected chi connectivity index (χ2v) is 4.01. The molecule has 0 aliphatic rings. The van der Waals surface area contributed by atoms with E-state index in [9.17, 15) is 0 Å². The molecule has 15 heavy (non-hydrogen) atoms. The molecular formula is C14H24S. The van der Waals surface area contributed by atoms with Crippen LogP contribution in [0, 0.1) is 0 Å². The van der Waals surface area contributed by atoms with Crippen molar-refractivity contribution >= 4 is 11.8 Å². The van der Waals surface area contributed by atoms with Crippen LogP contribution < -0.4 is 0 Å². The van der Waals surface area contributed by atoms with Gasteiger partial charge in [0.2, 0.25) is 0 Å². The van der Waals surface area contributed by atoms with Gasteiger partial charge in [0.1, 0.15) is 0 Å². The van der Waals surface area contributed by atoms with Crippen LogP contribution in [0.1, 0.15) is 40.0 Å². The Kier molecular flexibility index (Phi) is 14.8. The van der Waals surface area contributed by atoms with Gasteiger partial charge in [-0.2, -0.15) is 0 Å². The van der Waals surface area contributed by atoms with E-state index in [4.69, 9.17) is 0 Å². The third kappa shape index (κ3) is 11.2. The fraction of sp³-hybridized carbons (Fsp3) is 0.429. The van der Waals surface area contributed by atoms with E-state index in [0.717, 1.165) is 11.3 Å². The Hall–Kier alpha value is -0.690. The molecule has 0 spiro atoms. The van der Waals surface area contributed by atoms with Crippen LogP contribution in [0.5, 0.6) is 0 Å². The Balaban J connectivity index is 0. The molecule has 0 aliphatic heterocycles. The van der Waals surface area contributed by atoms with E-state index in [1.807, 2.05) is 26.0 Å². The van der Waals surface area contributed by atoms with Gasteiger partial charge in [0.05, 0.1) is 0 Å². The molecule has 86 valence electrons. The zero-order valence-electron chi connectivity index (χ0n) is 10.4. The van der Waals surface area contributed by atoms with Gasteiger partial charge in [-0.3, -0.25) is 0 Å². The van der Waals surface area contributed by atoms with Crippen molar-refractivity contribution in [3.63, 3.8) is 0 Å². The first-order valence-corrected chi connectivity index (χ1v) is 6.37. The lowest BCUT2D eigenvalue weighted by molar-refractivity contribution is 0.810. The Morgan fingerprint density at radius 2 is 1.87 bits per heavy atom. The van der Waals surface area contributed by atoms with Gasteiger partial charge in [-0.05, 0) is 23.8 Å². The van der Waals surface area contributed by atoms with E-state index in [2.05, 4.69) is 26.7 Å². The van der Waals surface area contributed by atoms with E-state index in [-0.39, 0.29) is 0 Å². The fourth-order valence-electron chi connectivity index (χ4n) is 0.852. The van der Waals surface area contributed by atoms with E-state index in [1.165, 1.54) is 17.7 Å². The Labute approximate surface area is 99.9 Å². The van der Waals surface area contributed by atoms with Gasteiger partial charge in [0.25, 0.3) is 0 Å². The van der Waals surface area contributed by atoms with Crippen molar-refractivity contribution in [1.29, 1.82) is 0 Å². The van der Waals surface area contributed by atoms with Gasteiger partial charge in [-0.15, -0.1) is 0 Å². The standard InChI is InChI=1S/C12H18S.C2H6/c1-5-8-10-11(4)13-12(7-3)9-6-2;1-2/h6-7,9H,2-5,8,10H2,1H3;1-2H3/b12-9+;. The molecule has 0 aromatic heterocycles. The van der Waals surface area contributed by atoms with Crippen LogP contribution in [0.25, 0.3) is 0 Å². The van der Waals surface area contributed by atoms with Crippen molar-refractivity contribution in [3.8, 4) is 0 Å². The number of thioether (sulfide) groups is 1. The summed E-state index contributed by atoms with van der Waals surface area (Å²) in [6.07, 6.45) is 9.08. The number of rotatable bonds is 7. The summed E-state index contributed by atoms with van der Waals surface area (Å²) in [6.45, 7) is 17.6. The topological polar surface area (TPSA) is 0 Å². The van der Waals surface area contributed by atoms with Crippen LogP contribution >= 0.6 is 11.8 Å². The summed E-state index contributed by atoms with van der Waals surface area (Å²) in [4.78, 5) is 2.32. The first kappa shape index (κ1) is 16.7. The van der Waals surface area contributed by atoms with Gasteiger partial charge >= 0.3 is 0 Å². The van der Waals surface area contributed by atoms with E-state index >= 15 is 0 Å². The molecular weight excluding hydrogens is 200 g/mol. The largest absolute Gasteiger partial charge is 0.0990 e. The van der Waals surface area contributed by atoms with E-state index in [1.54, 1.807) is 17.8 Å². The highest BCUT2D eigenvalue weighted by molar-refractivity contribution is 8.06. The van der Waals surface area contributed by atoms with Crippen LogP contribution in [0.4, 0.5) is 0 Å². The zero-order valence-corrected chi connectivity index (χ0v) is 11.2. The number of hydrogen-bond donors (Lipinski definition) is 0. The smallest absolute Gasteiger partial charge is 0.0112 e. The summed E-state index contributed by atoms with van der Waals surface area (Å²) < 4.78 is 0. The zero-order chi connectivity index (χ0) is 12.1. The van der Waals surface area contributed by atoms with Crippen molar-refractivity contribution in [2.24, 2.45) is 0 Å². The highest BCUT2D eigenvalue weighted by atomic mass is 32.2. The summed E-state index contributed by atoms with van der Waals surface area (Å²) in [5.41, 5.74) is 0. The average Bonchev–Trinajstić information content (AvgIpc) is 2.28. The van der Waals surface area contributed by atoms with Crippen LogP contribution in [0.3, 0.4) is 0 Å². The minimum atomic E-state index is 1.09. The molecule has 0 saturated carbocycles. The third-order valence-electron chi connectivity index (χ3n) is 1.55. The van der Waals surface area contributed by atoms with Crippen LogP contribution in [0.2, 0.25) is 0 Å². The number of hydrogen-bond acceptors (Lipinski definition) is 1.